The molecular formula is C13H16F2N2O. The lowest BCUT2D eigenvalue weighted by Gasteiger charge is -2.11. The van der Waals surface area contributed by atoms with Crippen LogP contribution in [0.1, 0.15) is 30.4 Å². The van der Waals surface area contributed by atoms with Crippen molar-refractivity contribution < 1.29 is 13.6 Å². The van der Waals surface area contributed by atoms with Gasteiger partial charge in [0.2, 0.25) is 5.91 Å². The summed E-state index contributed by atoms with van der Waals surface area (Å²) in [6, 6.07) is 5.90. The first kappa shape index (κ1) is 13.0. The van der Waals surface area contributed by atoms with Crippen molar-refractivity contribution in [1.29, 1.82) is 0 Å². The third-order valence-corrected chi connectivity index (χ3v) is 3.08. The molecule has 2 rings (SSSR count). The highest BCUT2D eigenvalue weighted by atomic mass is 19.3. The van der Waals surface area contributed by atoms with E-state index in [2.05, 4.69) is 10.6 Å². The molecule has 1 aliphatic rings. The number of carbonyl (C=O) groups excluding carboxylic acids is 1. The third kappa shape index (κ3) is 3.26. The van der Waals surface area contributed by atoms with Crippen LogP contribution in [0.2, 0.25) is 0 Å². The quantitative estimate of drug-likeness (QED) is 0.862. The smallest absolute Gasteiger partial charge is 0.263 e. The van der Waals surface area contributed by atoms with Crippen LogP contribution in [0.25, 0.3) is 0 Å². The number of alkyl halides is 2. The maximum Gasteiger partial charge on any atom is 0.263 e. The Labute approximate surface area is 105 Å². The van der Waals surface area contributed by atoms with Crippen molar-refractivity contribution >= 4 is 5.91 Å². The predicted molar refractivity (Wildman–Crippen MR) is 64.3 cm³/mol. The number of hydrogen-bond donors (Lipinski definition) is 2. The molecule has 1 saturated heterocycles. The van der Waals surface area contributed by atoms with E-state index in [1.54, 1.807) is 12.1 Å². The van der Waals surface area contributed by atoms with Crippen LogP contribution in [0, 0.1) is 0 Å². The fraction of sp³-hybridized carbons (Fsp3) is 0.462. The molecule has 98 valence electrons. The second-order valence-electron chi connectivity index (χ2n) is 4.41. The molecule has 0 saturated carbocycles. The maximum absolute atomic E-state index is 12.3. The molecule has 5 heteroatoms. The molecule has 1 atom stereocenters. The number of amides is 1. The number of rotatable bonds is 4. The summed E-state index contributed by atoms with van der Waals surface area (Å²) in [7, 11) is 0. The number of benzene rings is 1. The summed E-state index contributed by atoms with van der Waals surface area (Å²) in [5.41, 5.74) is 0.827. The Kier molecular flexibility index (Phi) is 4.25. The van der Waals surface area contributed by atoms with Crippen molar-refractivity contribution in [1.82, 2.24) is 10.6 Å². The molecule has 0 aromatic heterocycles. The van der Waals surface area contributed by atoms with Gasteiger partial charge in [0.05, 0.1) is 6.04 Å². The monoisotopic (exact) mass is 254 g/mol. The summed E-state index contributed by atoms with van der Waals surface area (Å²) in [5, 5.41) is 5.91. The van der Waals surface area contributed by atoms with Gasteiger partial charge in [-0.3, -0.25) is 4.79 Å². The molecule has 0 radical (unpaired) electrons. The van der Waals surface area contributed by atoms with Gasteiger partial charge in [-0.1, -0.05) is 24.3 Å². The highest BCUT2D eigenvalue weighted by Crippen LogP contribution is 2.18. The highest BCUT2D eigenvalue weighted by Gasteiger charge is 2.21. The van der Waals surface area contributed by atoms with Crippen molar-refractivity contribution in [3.8, 4) is 0 Å². The number of nitrogens with one attached hydrogen (secondary N) is 2. The molecule has 0 unspecified atom stereocenters. The molecule has 3 nitrogen and oxygen atoms in total. The van der Waals surface area contributed by atoms with E-state index in [9.17, 15) is 13.6 Å². The lowest BCUT2D eigenvalue weighted by molar-refractivity contribution is -0.122. The molecule has 1 heterocycles. The van der Waals surface area contributed by atoms with Gasteiger partial charge in [-0.05, 0) is 24.9 Å². The van der Waals surface area contributed by atoms with Crippen LogP contribution in [-0.2, 0) is 11.3 Å². The van der Waals surface area contributed by atoms with Crippen molar-refractivity contribution in [3.63, 3.8) is 0 Å². The average molecular weight is 254 g/mol. The highest BCUT2D eigenvalue weighted by molar-refractivity contribution is 5.81. The lowest BCUT2D eigenvalue weighted by Crippen LogP contribution is -2.39. The van der Waals surface area contributed by atoms with E-state index >= 15 is 0 Å². The summed E-state index contributed by atoms with van der Waals surface area (Å²) >= 11 is 0. The first-order valence-corrected chi connectivity index (χ1v) is 6.05. The molecule has 1 fully saturated rings. The standard InChI is InChI=1S/C13H16F2N2O/c14-12(15)10-5-3-9(4-6-10)8-17-13(18)11-2-1-7-16-11/h3-6,11-12,16H,1-2,7-8H2,(H,17,18)/t11-/m1/s1. The number of hydrogen-bond acceptors (Lipinski definition) is 2. The molecule has 1 aromatic carbocycles. The average Bonchev–Trinajstić information content (AvgIpc) is 2.90. The van der Waals surface area contributed by atoms with Crippen LogP contribution >= 0.6 is 0 Å². The van der Waals surface area contributed by atoms with E-state index < -0.39 is 6.43 Å². The predicted octanol–water partition coefficient (Wildman–Crippen LogP) is 1.99. The summed E-state index contributed by atoms with van der Waals surface area (Å²) in [6.45, 7) is 1.25. The molecule has 0 spiro atoms. The molecule has 18 heavy (non-hydrogen) atoms. The Morgan fingerprint density at radius 1 is 1.39 bits per heavy atom. The zero-order valence-electron chi connectivity index (χ0n) is 9.96. The van der Waals surface area contributed by atoms with Gasteiger partial charge in [0, 0.05) is 12.1 Å². The SMILES string of the molecule is O=C(NCc1ccc(C(F)F)cc1)[C@H]1CCCN1. The Hall–Kier alpha value is -1.49. The topological polar surface area (TPSA) is 41.1 Å². The van der Waals surface area contributed by atoms with E-state index in [4.69, 9.17) is 0 Å². The van der Waals surface area contributed by atoms with E-state index in [-0.39, 0.29) is 17.5 Å². The largest absolute Gasteiger partial charge is 0.351 e. The minimum atomic E-state index is -2.45. The van der Waals surface area contributed by atoms with Crippen LogP contribution < -0.4 is 10.6 Å². The molecule has 0 bridgehead atoms. The second kappa shape index (κ2) is 5.91. The van der Waals surface area contributed by atoms with Gasteiger partial charge in [-0.25, -0.2) is 8.78 Å². The first-order chi connectivity index (χ1) is 8.66. The van der Waals surface area contributed by atoms with Gasteiger partial charge in [-0.2, -0.15) is 0 Å². The second-order valence-corrected chi connectivity index (χ2v) is 4.41. The maximum atomic E-state index is 12.3. The Balaban J connectivity index is 1.84. The van der Waals surface area contributed by atoms with Crippen molar-refractivity contribution in [2.45, 2.75) is 31.9 Å². The van der Waals surface area contributed by atoms with Gasteiger partial charge < -0.3 is 10.6 Å². The van der Waals surface area contributed by atoms with Crippen LogP contribution in [0.3, 0.4) is 0 Å². The summed E-state index contributed by atoms with van der Waals surface area (Å²) in [6.07, 6.45) is -0.575. The fourth-order valence-electron chi connectivity index (χ4n) is 2.00. The normalized spacial score (nSPS) is 19.2. The molecule has 1 aliphatic heterocycles. The summed E-state index contributed by atoms with van der Waals surface area (Å²) in [5.74, 6) is -0.0227. The fourth-order valence-corrected chi connectivity index (χ4v) is 2.00. The van der Waals surface area contributed by atoms with Gasteiger partial charge in [-0.15, -0.1) is 0 Å². The van der Waals surface area contributed by atoms with E-state index in [0.717, 1.165) is 24.9 Å². The Morgan fingerprint density at radius 3 is 2.67 bits per heavy atom. The van der Waals surface area contributed by atoms with Gasteiger partial charge in [0.15, 0.2) is 0 Å². The van der Waals surface area contributed by atoms with Crippen LogP contribution in [0.4, 0.5) is 8.78 Å². The van der Waals surface area contributed by atoms with Crippen molar-refractivity contribution in [3.05, 3.63) is 35.4 Å². The van der Waals surface area contributed by atoms with Crippen molar-refractivity contribution in [2.75, 3.05) is 6.54 Å². The molecule has 1 amide bonds. The van der Waals surface area contributed by atoms with Crippen LogP contribution in [0.5, 0.6) is 0 Å². The zero-order chi connectivity index (χ0) is 13.0. The summed E-state index contributed by atoms with van der Waals surface area (Å²) in [4.78, 5) is 11.7. The van der Waals surface area contributed by atoms with E-state index in [1.807, 2.05) is 0 Å². The van der Waals surface area contributed by atoms with Crippen LogP contribution in [-0.4, -0.2) is 18.5 Å². The van der Waals surface area contributed by atoms with Gasteiger partial charge >= 0.3 is 0 Å². The number of halogens is 2. The third-order valence-electron chi connectivity index (χ3n) is 3.08. The molecule has 2 N–H and O–H groups in total. The van der Waals surface area contributed by atoms with Gasteiger partial charge in [0.25, 0.3) is 6.43 Å². The van der Waals surface area contributed by atoms with E-state index in [1.165, 1.54) is 12.1 Å². The Bertz CT molecular complexity index is 400. The molecule has 0 aliphatic carbocycles. The molecular weight excluding hydrogens is 238 g/mol. The van der Waals surface area contributed by atoms with Crippen LogP contribution in [0.15, 0.2) is 24.3 Å². The Morgan fingerprint density at radius 2 is 2.11 bits per heavy atom. The lowest BCUT2D eigenvalue weighted by atomic mass is 10.1. The number of carbonyl (C=O) groups is 1. The van der Waals surface area contributed by atoms with Gasteiger partial charge in [0.1, 0.15) is 0 Å². The zero-order valence-corrected chi connectivity index (χ0v) is 9.96. The first-order valence-electron chi connectivity index (χ1n) is 6.05. The van der Waals surface area contributed by atoms with E-state index in [0.29, 0.717) is 6.54 Å². The van der Waals surface area contributed by atoms with Crippen molar-refractivity contribution in [2.24, 2.45) is 0 Å². The minimum absolute atomic E-state index is 0.00235. The summed E-state index contributed by atoms with van der Waals surface area (Å²) < 4.78 is 24.7. The molecule has 1 aromatic rings. The minimum Gasteiger partial charge on any atom is -0.351 e.